The normalized spacial score (nSPS) is 11.6. The van der Waals surface area contributed by atoms with E-state index in [0.29, 0.717) is 18.0 Å². The monoisotopic (exact) mass is 313 g/mol. The highest BCUT2D eigenvalue weighted by Crippen LogP contribution is 2.26. The molecule has 2 N–H and O–H groups in total. The third-order valence-electron chi connectivity index (χ3n) is 3.46. The highest BCUT2D eigenvalue weighted by molar-refractivity contribution is 5.95. The Hall–Kier alpha value is -2.56. The van der Waals surface area contributed by atoms with Crippen molar-refractivity contribution in [3.8, 4) is 5.75 Å². The van der Waals surface area contributed by atoms with Crippen LogP contribution in [0, 0.1) is 0 Å². The van der Waals surface area contributed by atoms with Crippen molar-refractivity contribution in [3.63, 3.8) is 0 Å². The fraction of sp³-hybridized carbons (Fsp3) is 0.333. The van der Waals surface area contributed by atoms with E-state index in [2.05, 4.69) is 15.6 Å². The Balaban J connectivity index is 2.16. The zero-order valence-electron chi connectivity index (χ0n) is 13.8. The summed E-state index contributed by atoms with van der Waals surface area (Å²) in [4.78, 5) is 16.5. The van der Waals surface area contributed by atoms with Crippen LogP contribution in [0.2, 0.25) is 0 Å². The number of anilines is 2. The second-order valence-electron chi connectivity index (χ2n) is 5.27. The van der Waals surface area contributed by atoms with Crippen molar-refractivity contribution in [2.45, 2.75) is 33.2 Å². The summed E-state index contributed by atoms with van der Waals surface area (Å²) in [5.74, 6) is 1.27. The zero-order valence-corrected chi connectivity index (χ0v) is 13.8. The molecule has 0 saturated heterocycles. The van der Waals surface area contributed by atoms with Gasteiger partial charge in [0.1, 0.15) is 11.6 Å². The van der Waals surface area contributed by atoms with Crippen LogP contribution >= 0.6 is 0 Å². The Morgan fingerprint density at radius 3 is 2.78 bits per heavy atom. The fourth-order valence-corrected chi connectivity index (χ4v) is 2.04. The second-order valence-corrected chi connectivity index (χ2v) is 5.27. The number of benzene rings is 1. The first kappa shape index (κ1) is 16.8. The maximum absolute atomic E-state index is 12.2. The highest BCUT2D eigenvalue weighted by Gasteiger charge is 2.10. The summed E-state index contributed by atoms with van der Waals surface area (Å²) in [7, 11) is 0. The van der Waals surface area contributed by atoms with Gasteiger partial charge in [0.2, 0.25) is 0 Å². The zero-order chi connectivity index (χ0) is 16.7. The molecule has 0 spiro atoms. The Morgan fingerprint density at radius 1 is 1.26 bits per heavy atom. The summed E-state index contributed by atoms with van der Waals surface area (Å²) in [6.07, 6.45) is 2.51. The van der Waals surface area contributed by atoms with Gasteiger partial charge in [0.15, 0.2) is 0 Å². The van der Waals surface area contributed by atoms with Gasteiger partial charge in [-0.05, 0) is 44.5 Å². The maximum Gasteiger partial charge on any atom is 0.251 e. The molecule has 0 aliphatic carbocycles. The lowest BCUT2D eigenvalue weighted by Crippen LogP contribution is -2.31. The molecule has 2 rings (SSSR count). The number of ether oxygens (including phenoxy) is 1. The summed E-state index contributed by atoms with van der Waals surface area (Å²) in [5, 5.41) is 6.15. The van der Waals surface area contributed by atoms with Crippen LogP contribution in [0.25, 0.3) is 0 Å². The van der Waals surface area contributed by atoms with Crippen molar-refractivity contribution in [1.29, 1.82) is 0 Å². The third kappa shape index (κ3) is 4.71. The van der Waals surface area contributed by atoms with Crippen LogP contribution in [0.4, 0.5) is 11.5 Å². The molecule has 1 aromatic carbocycles. The molecule has 1 heterocycles. The molecular formula is C18H23N3O2. The minimum absolute atomic E-state index is 0.0945. The van der Waals surface area contributed by atoms with E-state index in [1.54, 1.807) is 18.3 Å². The van der Waals surface area contributed by atoms with Crippen LogP contribution in [-0.4, -0.2) is 23.5 Å². The largest absolute Gasteiger partial charge is 0.492 e. The number of hydrogen-bond acceptors (Lipinski definition) is 4. The number of rotatable bonds is 7. The number of aromatic nitrogens is 1. The Morgan fingerprint density at radius 2 is 2.04 bits per heavy atom. The van der Waals surface area contributed by atoms with E-state index in [1.165, 1.54) is 0 Å². The summed E-state index contributed by atoms with van der Waals surface area (Å²) in [5.41, 5.74) is 1.40. The van der Waals surface area contributed by atoms with Gasteiger partial charge in [-0.2, -0.15) is 0 Å². The molecule has 1 unspecified atom stereocenters. The van der Waals surface area contributed by atoms with Crippen molar-refractivity contribution in [3.05, 3.63) is 48.2 Å². The maximum atomic E-state index is 12.2. The molecule has 0 radical (unpaired) electrons. The number of carbonyl (C=O) groups excluding carboxylic acids is 1. The minimum atomic E-state index is -0.0945. The number of nitrogens with one attached hydrogen (secondary N) is 2. The first-order valence-electron chi connectivity index (χ1n) is 7.89. The van der Waals surface area contributed by atoms with E-state index in [0.717, 1.165) is 17.9 Å². The molecule has 1 aromatic heterocycles. The van der Waals surface area contributed by atoms with E-state index >= 15 is 0 Å². The topological polar surface area (TPSA) is 63.2 Å². The molecule has 1 amide bonds. The van der Waals surface area contributed by atoms with Crippen molar-refractivity contribution in [1.82, 2.24) is 10.3 Å². The molecule has 2 aromatic rings. The first-order chi connectivity index (χ1) is 11.1. The van der Waals surface area contributed by atoms with Gasteiger partial charge < -0.3 is 15.4 Å². The van der Waals surface area contributed by atoms with Crippen LogP contribution < -0.4 is 15.4 Å². The van der Waals surface area contributed by atoms with E-state index in [9.17, 15) is 4.79 Å². The van der Waals surface area contributed by atoms with Gasteiger partial charge >= 0.3 is 0 Å². The molecule has 0 bridgehead atoms. The van der Waals surface area contributed by atoms with E-state index < -0.39 is 0 Å². The minimum Gasteiger partial charge on any atom is -0.492 e. The average molecular weight is 313 g/mol. The summed E-state index contributed by atoms with van der Waals surface area (Å²) >= 11 is 0. The fourth-order valence-electron chi connectivity index (χ4n) is 2.04. The Kier molecular flexibility index (Phi) is 5.97. The van der Waals surface area contributed by atoms with E-state index in [-0.39, 0.29) is 11.9 Å². The van der Waals surface area contributed by atoms with Crippen LogP contribution in [-0.2, 0) is 0 Å². The van der Waals surface area contributed by atoms with Crippen molar-refractivity contribution in [2.24, 2.45) is 0 Å². The lowest BCUT2D eigenvalue weighted by Gasteiger charge is -2.13. The molecule has 122 valence electrons. The predicted octanol–water partition coefficient (Wildman–Crippen LogP) is 3.75. The SMILES string of the molecule is CCOc1ccccc1Nc1cc(C(=O)NC(C)CC)ccn1. The summed E-state index contributed by atoms with van der Waals surface area (Å²) < 4.78 is 5.58. The molecule has 0 saturated carbocycles. The predicted molar refractivity (Wildman–Crippen MR) is 92.3 cm³/mol. The lowest BCUT2D eigenvalue weighted by atomic mass is 10.2. The highest BCUT2D eigenvalue weighted by atomic mass is 16.5. The van der Waals surface area contributed by atoms with Gasteiger partial charge in [-0.3, -0.25) is 4.79 Å². The Labute approximate surface area is 137 Å². The number of nitrogens with zero attached hydrogens (tertiary/aromatic N) is 1. The molecule has 5 nitrogen and oxygen atoms in total. The van der Waals surface area contributed by atoms with Gasteiger partial charge in [-0.1, -0.05) is 19.1 Å². The van der Waals surface area contributed by atoms with Gasteiger partial charge in [0.05, 0.1) is 12.3 Å². The van der Waals surface area contributed by atoms with Gasteiger partial charge in [-0.15, -0.1) is 0 Å². The Bertz CT molecular complexity index is 658. The van der Waals surface area contributed by atoms with Crippen LogP contribution in [0.15, 0.2) is 42.6 Å². The number of amides is 1. The van der Waals surface area contributed by atoms with Gasteiger partial charge in [-0.25, -0.2) is 4.98 Å². The molecular weight excluding hydrogens is 290 g/mol. The molecule has 23 heavy (non-hydrogen) atoms. The van der Waals surface area contributed by atoms with Crippen molar-refractivity contribution >= 4 is 17.4 Å². The standard InChI is InChI=1S/C18H23N3O2/c1-4-13(3)20-18(22)14-10-11-19-17(12-14)21-15-8-6-7-9-16(15)23-5-2/h6-13H,4-5H2,1-3H3,(H,19,21)(H,20,22). The number of pyridine rings is 1. The molecule has 0 fully saturated rings. The van der Waals surface area contributed by atoms with Crippen molar-refractivity contribution < 1.29 is 9.53 Å². The summed E-state index contributed by atoms with van der Waals surface area (Å²) in [6.45, 7) is 6.55. The second kappa shape index (κ2) is 8.17. The van der Waals surface area contributed by atoms with Crippen LogP contribution in [0.1, 0.15) is 37.6 Å². The number of carbonyl (C=O) groups is 1. The molecule has 1 atom stereocenters. The van der Waals surface area contributed by atoms with Crippen LogP contribution in [0.5, 0.6) is 5.75 Å². The van der Waals surface area contributed by atoms with E-state index in [1.807, 2.05) is 45.0 Å². The van der Waals surface area contributed by atoms with Gasteiger partial charge in [0.25, 0.3) is 5.91 Å². The molecule has 0 aliphatic heterocycles. The lowest BCUT2D eigenvalue weighted by molar-refractivity contribution is 0.0939. The van der Waals surface area contributed by atoms with Gasteiger partial charge in [0, 0.05) is 17.8 Å². The number of hydrogen-bond donors (Lipinski definition) is 2. The quantitative estimate of drug-likeness (QED) is 0.817. The van der Waals surface area contributed by atoms with Crippen molar-refractivity contribution in [2.75, 3.05) is 11.9 Å². The third-order valence-corrected chi connectivity index (χ3v) is 3.46. The average Bonchev–Trinajstić information content (AvgIpc) is 2.57. The summed E-state index contributed by atoms with van der Waals surface area (Å²) in [6, 6.07) is 11.2. The van der Waals surface area contributed by atoms with Crippen LogP contribution in [0.3, 0.4) is 0 Å². The first-order valence-corrected chi connectivity index (χ1v) is 7.89. The molecule has 5 heteroatoms. The molecule has 0 aliphatic rings. The smallest absolute Gasteiger partial charge is 0.251 e. The van der Waals surface area contributed by atoms with E-state index in [4.69, 9.17) is 4.74 Å². The number of para-hydroxylation sites is 2.